The lowest BCUT2D eigenvalue weighted by Gasteiger charge is -2.27. The molecular formula is C12H21N3O. The third-order valence-corrected chi connectivity index (χ3v) is 3.31. The van der Waals surface area contributed by atoms with Crippen molar-refractivity contribution >= 4 is 0 Å². The van der Waals surface area contributed by atoms with Crippen molar-refractivity contribution in [1.82, 2.24) is 9.80 Å². The SMILES string of the molecule is CN1CCCN(Cc2ccco2)CC1CN. The van der Waals surface area contributed by atoms with Crippen molar-refractivity contribution in [3.05, 3.63) is 24.2 Å². The fourth-order valence-corrected chi connectivity index (χ4v) is 2.28. The van der Waals surface area contributed by atoms with Gasteiger partial charge in [-0.05, 0) is 38.7 Å². The van der Waals surface area contributed by atoms with E-state index in [-0.39, 0.29) is 0 Å². The van der Waals surface area contributed by atoms with Crippen LogP contribution in [0, 0.1) is 0 Å². The number of hydrogen-bond acceptors (Lipinski definition) is 4. The summed E-state index contributed by atoms with van der Waals surface area (Å²) in [6, 6.07) is 4.45. The van der Waals surface area contributed by atoms with Gasteiger partial charge in [0.15, 0.2) is 0 Å². The van der Waals surface area contributed by atoms with Gasteiger partial charge in [-0.1, -0.05) is 0 Å². The van der Waals surface area contributed by atoms with Crippen LogP contribution >= 0.6 is 0 Å². The Balaban J connectivity index is 1.94. The Hall–Kier alpha value is -0.840. The van der Waals surface area contributed by atoms with Gasteiger partial charge < -0.3 is 15.1 Å². The first-order valence-electron chi connectivity index (χ1n) is 5.94. The average molecular weight is 223 g/mol. The van der Waals surface area contributed by atoms with E-state index in [1.165, 1.54) is 6.42 Å². The number of nitrogens with zero attached hydrogens (tertiary/aromatic N) is 2. The monoisotopic (exact) mass is 223 g/mol. The van der Waals surface area contributed by atoms with Crippen molar-refractivity contribution in [3.63, 3.8) is 0 Å². The molecule has 0 spiro atoms. The van der Waals surface area contributed by atoms with Crippen molar-refractivity contribution in [1.29, 1.82) is 0 Å². The van der Waals surface area contributed by atoms with Crippen LogP contribution in [0.4, 0.5) is 0 Å². The van der Waals surface area contributed by atoms with E-state index in [1.54, 1.807) is 6.26 Å². The largest absolute Gasteiger partial charge is 0.468 e. The average Bonchev–Trinajstić information content (AvgIpc) is 2.71. The maximum absolute atomic E-state index is 5.81. The summed E-state index contributed by atoms with van der Waals surface area (Å²) in [6.07, 6.45) is 2.94. The Labute approximate surface area is 97.0 Å². The second-order valence-electron chi connectivity index (χ2n) is 4.54. The van der Waals surface area contributed by atoms with Crippen LogP contribution in [-0.2, 0) is 6.54 Å². The molecule has 90 valence electrons. The molecule has 2 heterocycles. The Morgan fingerprint density at radius 1 is 1.50 bits per heavy atom. The van der Waals surface area contributed by atoms with Gasteiger partial charge in [-0.3, -0.25) is 4.90 Å². The quantitative estimate of drug-likeness (QED) is 0.821. The van der Waals surface area contributed by atoms with Gasteiger partial charge in [0.05, 0.1) is 12.8 Å². The summed E-state index contributed by atoms with van der Waals surface area (Å²) in [6.45, 7) is 4.92. The molecule has 1 aliphatic rings. The Bertz CT molecular complexity index is 299. The fraction of sp³-hybridized carbons (Fsp3) is 0.667. The molecule has 1 aromatic heterocycles. The highest BCUT2D eigenvalue weighted by atomic mass is 16.3. The maximum Gasteiger partial charge on any atom is 0.117 e. The smallest absolute Gasteiger partial charge is 0.117 e. The molecule has 0 amide bonds. The van der Waals surface area contributed by atoms with E-state index in [4.69, 9.17) is 10.2 Å². The van der Waals surface area contributed by atoms with Crippen LogP contribution in [0.3, 0.4) is 0 Å². The van der Waals surface area contributed by atoms with Crippen LogP contribution in [0.15, 0.2) is 22.8 Å². The molecule has 4 heteroatoms. The summed E-state index contributed by atoms with van der Waals surface area (Å²) in [5.74, 6) is 1.04. The van der Waals surface area contributed by atoms with Gasteiger partial charge in [0.1, 0.15) is 5.76 Å². The molecule has 2 N–H and O–H groups in total. The van der Waals surface area contributed by atoms with E-state index in [9.17, 15) is 0 Å². The molecule has 0 aliphatic carbocycles. The van der Waals surface area contributed by atoms with E-state index in [2.05, 4.69) is 16.8 Å². The second-order valence-corrected chi connectivity index (χ2v) is 4.54. The minimum atomic E-state index is 0.470. The van der Waals surface area contributed by atoms with Crippen molar-refractivity contribution in [2.24, 2.45) is 5.73 Å². The highest BCUT2D eigenvalue weighted by Crippen LogP contribution is 2.11. The summed E-state index contributed by atoms with van der Waals surface area (Å²) in [7, 11) is 2.16. The fourth-order valence-electron chi connectivity index (χ4n) is 2.28. The number of likely N-dealkylation sites (N-methyl/N-ethyl adjacent to an activating group) is 1. The molecule has 0 bridgehead atoms. The number of nitrogens with two attached hydrogens (primary N) is 1. The lowest BCUT2D eigenvalue weighted by Crippen LogP contribution is -2.43. The molecule has 1 aromatic rings. The predicted octanol–water partition coefficient (Wildman–Crippen LogP) is 0.744. The molecule has 1 saturated heterocycles. The molecule has 0 saturated carbocycles. The highest BCUT2D eigenvalue weighted by Gasteiger charge is 2.21. The third kappa shape index (κ3) is 2.84. The van der Waals surface area contributed by atoms with Crippen molar-refractivity contribution in [2.45, 2.75) is 19.0 Å². The van der Waals surface area contributed by atoms with Gasteiger partial charge in [0.2, 0.25) is 0 Å². The Kier molecular flexibility index (Phi) is 3.98. The van der Waals surface area contributed by atoms with E-state index >= 15 is 0 Å². The molecule has 1 fully saturated rings. The number of rotatable bonds is 3. The van der Waals surface area contributed by atoms with E-state index in [0.717, 1.165) is 38.5 Å². The van der Waals surface area contributed by atoms with Crippen molar-refractivity contribution in [2.75, 3.05) is 33.2 Å². The van der Waals surface area contributed by atoms with Gasteiger partial charge in [-0.2, -0.15) is 0 Å². The minimum Gasteiger partial charge on any atom is -0.468 e. The molecular weight excluding hydrogens is 202 g/mol. The first-order valence-corrected chi connectivity index (χ1v) is 5.94. The maximum atomic E-state index is 5.81. The zero-order valence-corrected chi connectivity index (χ0v) is 9.93. The van der Waals surface area contributed by atoms with Gasteiger partial charge in [-0.25, -0.2) is 0 Å². The van der Waals surface area contributed by atoms with Gasteiger partial charge >= 0.3 is 0 Å². The van der Waals surface area contributed by atoms with E-state index < -0.39 is 0 Å². The van der Waals surface area contributed by atoms with Crippen molar-refractivity contribution in [3.8, 4) is 0 Å². The normalized spacial score (nSPS) is 24.5. The zero-order valence-electron chi connectivity index (χ0n) is 9.93. The lowest BCUT2D eigenvalue weighted by atomic mass is 10.2. The third-order valence-electron chi connectivity index (χ3n) is 3.31. The molecule has 1 unspecified atom stereocenters. The summed E-state index contributed by atoms with van der Waals surface area (Å²) in [4.78, 5) is 4.79. The van der Waals surface area contributed by atoms with Crippen LogP contribution in [0.5, 0.6) is 0 Å². The molecule has 0 aromatic carbocycles. The summed E-state index contributed by atoms with van der Waals surface area (Å²) >= 11 is 0. The van der Waals surface area contributed by atoms with Crippen LogP contribution in [0.1, 0.15) is 12.2 Å². The van der Waals surface area contributed by atoms with Crippen LogP contribution in [0.2, 0.25) is 0 Å². The van der Waals surface area contributed by atoms with Gasteiger partial charge in [-0.15, -0.1) is 0 Å². The zero-order chi connectivity index (χ0) is 11.4. The number of hydrogen-bond donors (Lipinski definition) is 1. The van der Waals surface area contributed by atoms with E-state index in [0.29, 0.717) is 6.04 Å². The minimum absolute atomic E-state index is 0.470. The topological polar surface area (TPSA) is 45.6 Å². The standard InChI is InChI=1S/C12H21N3O/c1-14-5-3-6-15(9-11(14)8-13)10-12-4-2-7-16-12/h2,4,7,11H,3,5-6,8-10,13H2,1H3. The molecule has 0 radical (unpaired) electrons. The van der Waals surface area contributed by atoms with Crippen LogP contribution in [-0.4, -0.2) is 49.1 Å². The highest BCUT2D eigenvalue weighted by molar-refractivity contribution is 4.98. The summed E-state index contributed by atoms with van der Waals surface area (Å²) < 4.78 is 5.39. The summed E-state index contributed by atoms with van der Waals surface area (Å²) in [5, 5.41) is 0. The van der Waals surface area contributed by atoms with Gasteiger partial charge in [0, 0.05) is 19.1 Å². The Morgan fingerprint density at radius 2 is 2.38 bits per heavy atom. The molecule has 4 nitrogen and oxygen atoms in total. The Morgan fingerprint density at radius 3 is 3.06 bits per heavy atom. The van der Waals surface area contributed by atoms with Gasteiger partial charge in [0.25, 0.3) is 0 Å². The molecule has 1 atom stereocenters. The number of furan rings is 1. The molecule has 16 heavy (non-hydrogen) atoms. The molecule has 1 aliphatic heterocycles. The molecule has 2 rings (SSSR count). The van der Waals surface area contributed by atoms with Crippen molar-refractivity contribution < 1.29 is 4.42 Å². The van der Waals surface area contributed by atoms with Crippen LogP contribution in [0.25, 0.3) is 0 Å². The second kappa shape index (κ2) is 5.48. The predicted molar refractivity (Wildman–Crippen MR) is 64.1 cm³/mol. The van der Waals surface area contributed by atoms with Crippen LogP contribution < -0.4 is 5.73 Å². The first kappa shape index (κ1) is 11.6. The summed E-state index contributed by atoms with van der Waals surface area (Å²) in [5.41, 5.74) is 5.81. The first-order chi connectivity index (χ1) is 7.79. The van der Waals surface area contributed by atoms with E-state index in [1.807, 2.05) is 12.1 Å². The lowest BCUT2D eigenvalue weighted by molar-refractivity contribution is 0.198.